The highest BCUT2D eigenvalue weighted by molar-refractivity contribution is 8.00. The third-order valence-corrected chi connectivity index (χ3v) is 5.31. The number of hydrogen-bond acceptors (Lipinski definition) is 5. The van der Waals surface area contributed by atoms with E-state index in [1.54, 1.807) is 25.3 Å². The van der Waals surface area contributed by atoms with Gasteiger partial charge >= 0.3 is 0 Å². The first-order chi connectivity index (χ1) is 13.4. The Labute approximate surface area is 166 Å². The number of amides is 1. The number of imidazole rings is 1. The number of rotatable bonds is 6. The number of hydrogen-bond donors (Lipinski definition) is 1. The molecule has 28 heavy (non-hydrogen) atoms. The fraction of sp³-hybridized carbons (Fsp3) is 0.200. The Kier molecular flexibility index (Phi) is 5.79. The average molecular weight is 396 g/mol. The van der Waals surface area contributed by atoms with Crippen LogP contribution in [0.5, 0.6) is 0 Å². The van der Waals surface area contributed by atoms with Crippen molar-refractivity contribution in [2.75, 3.05) is 5.32 Å². The van der Waals surface area contributed by atoms with Gasteiger partial charge in [0.05, 0.1) is 15.9 Å². The first-order valence-corrected chi connectivity index (χ1v) is 9.56. The summed E-state index contributed by atoms with van der Waals surface area (Å²) in [5.74, 6) is -0.325. The molecule has 0 unspecified atom stereocenters. The number of carbonyl (C=O) groups is 1. The standard InChI is InChI=1S/C20H20N4O3S/c1-13-8-9-17(14(2)12-13)23-11-10-21-20(23)28-15(3)19(25)22-16-6-4-5-7-18(16)24(26)27/h4-12,15H,1-3H3,(H,22,25)/t15-/m1/s1. The number of para-hydroxylation sites is 2. The fourth-order valence-electron chi connectivity index (χ4n) is 2.82. The summed E-state index contributed by atoms with van der Waals surface area (Å²) in [7, 11) is 0. The van der Waals surface area contributed by atoms with Crippen LogP contribution in [0.4, 0.5) is 11.4 Å². The molecule has 0 aliphatic heterocycles. The summed E-state index contributed by atoms with van der Waals surface area (Å²) in [5.41, 5.74) is 3.33. The average Bonchev–Trinajstić information content (AvgIpc) is 3.09. The Morgan fingerprint density at radius 3 is 2.71 bits per heavy atom. The van der Waals surface area contributed by atoms with E-state index in [1.165, 1.54) is 29.5 Å². The summed E-state index contributed by atoms with van der Waals surface area (Å²) in [6, 6.07) is 12.2. The number of nitro benzene ring substituents is 1. The molecule has 0 fully saturated rings. The molecule has 7 nitrogen and oxygen atoms in total. The first kappa shape index (κ1) is 19.6. The van der Waals surface area contributed by atoms with Crippen molar-refractivity contribution in [3.8, 4) is 5.69 Å². The number of anilines is 1. The summed E-state index contributed by atoms with van der Waals surface area (Å²) in [6.45, 7) is 5.81. The van der Waals surface area contributed by atoms with Crippen molar-refractivity contribution < 1.29 is 9.72 Å². The van der Waals surface area contributed by atoms with Gasteiger partial charge in [0, 0.05) is 18.5 Å². The van der Waals surface area contributed by atoms with Gasteiger partial charge in [0.25, 0.3) is 5.69 Å². The Hall–Kier alpha value is -3.13. The summed E-state index contributed by atoms with van der Waals surface area (Å²) in [4.78, 5) is 27.6. The van der Waals surface area contributed by atoms with Crippen molar-refractivity contribution in [1.82, 2.24) is 9.55 Å². The summed E-state index contributed by atoms with van der Waals surface area (Å²) in [6.07, 6.45) is 3.54. The minimum absolute atomic E-state index is 0.134. The molecule has 3 rings (SSSR count). The number of carbonyl (C=O) groups excluding carboxylic acids is 1. The van der Waals surface area contributed by atoms with Crippen molar-refractivity contribution >= 4 is 29.0 Å². The second kappa shape index (κ2) is 8.26. The van der Waals surface area contributed by atoms with Crippen LogP contribution in [0.15, 0.2) is 60.0 Å². The number of aryl methyl sites for hydroxylation is 2. The van der Waals surface area contributed by atoms with Crippen molar-refractivity contribution in [3.63, 3.8) is 0 Å². The molecule has 1 atom stereocenters. The lowest BCUT2D eigenvalue weighted by Crippen LogP contribution is -2.23. The quantitative estimate of drug-likeness (QED) is 0.376. The number of benzene rings is 2. The number of aromatic nitrogens is 2. The predicted octanol–water partition coefficient (Wildman–Crippen LogP) is 4.52. The van der Waals surface area contributed by atoms with E-state index in [1.807, 2.05) is 36.7 Å². The molecule has 0 radical (unpaired) electrons. The van der Waals surface area contributed by atoms with E-state index in [-0.39, 0.29) is 17.3 Å². The van der Waals surface area contributed by atoms with Gasteiger partial charge in [-0.2, -0.15) is 0 Å². The van der Waals surface area contributed by atoms with Gasteiger partial charge in [-0.1, -0.05) is 41.6 Å². The zero-order valence-corrected chi connectivity index (χ0v) is 16.6. The summed E-state index contributed by atoms with van der Waals surface area (Å²) < 4.78 is 1.94. The molecule has 8 heteroatoms. The van der Waals surface area contributed by atoms with Crippen molar-refractivity contribution in [2.45, 2.75) is 31.2 Å². The van der Waals surface area contributed by atoms with E-state index in [2.05, 4.69) is 16.4 Å². The zero-order chi connectivity index (χ0) is 20.3. The lowest BCUT2D eigenvalue weighted by Gasteiger charge is -2.14. The number of nitrogens with one attached hydrogen (secondary N) is 1. The van der Waals surface area contributed by atoms with Crippen molar-refractivity contribution in [3.05, 3.63) is 76.1 Å². The number of nitro groups is 1. The van der Waals surface area contributed by atoms with E-state index < -0.39 is 10.2 Å². The van der Waals surface area contributed by atoms with Crippen LogP contribution in [0.3, 0.4) is 0 Å². The van der Waals surface area contributed by atoms with Crippen LogP contribution < -0.4 is 5.32 Å². The van der Waals surface area contributed by atoms with Gasteiger partial charge in [0.15, 0.2) is 5.16 Å². The van der Waals surface area contributed by atoms with Crippen LogP contribution in [0, 0.1) is 24.0 Å². The molecule has 0 spiro atoms. The maximum Gasteiger partial charge on any atom is 0.292 e. The lowest BCUT2D eigenvalue weighted by molar-refractivity contribution is -0.383. The minimum Gasteiger partial charge on any atom is -0.319 e. The highest BCUT2D eigenvalue weighted by atomic mass is 32.2. The molecule has 1 heterocycles. The Morgan fingerprint density at radius 1 is 1.25 bits per heavy atom. The topological polar surface area (TPSA) is 90.1 Å². The summed E-state index contributed by atoms with van der Waals surface area (Å²) >= 11 is 1.30. The van der Waals surface area contributed by atoms with E-state index in [4.69, 9.17) is 0 Å². The lowest BCUT2D eigenvalue weighted by atomic mass is 10.1. The monoisotopic (exact) mass is 396 g/mol. The molecule has 0 saturated heterocycles. The molecule has 0 bridgehead atoms. The van der Waals surface area contributed by atoms with Gasteiger partial charge in [0.1, 0.15) is 5.69 Å². The smallest absolute Gasteiger partial charge is 0.292 e. The van der Waals surface area contributed by atoms with Gasteiger partial charge in [-0.3, -0.25) is 19.5 Å². The molecule has 3 aromatic rings. The van der Waals surface area contributed by atoms with E-state index in [0.29, 0.717) is 5.16 Å². The van der Waals surface area contributed by atoms with Crippen molar-refractivity contribution in [2.24, 2.45) is 0 Å². The van der Waals surface area contributed by atoms with Crippen LogP contribution in [-0.4, -0.2) is 25.6 Å². The van der Waals surface area contributed by atoms with Gasteiger partial charge in [-0.15, -0.1) is 0 Å². The minimum atomic E-state index is -0.514. The van der Waals surface area contributed by atoms with Gasteiger partial charge in [-0.05, 0) is 38.5 Å². The number of nitrogens with zero attached hydrogens (tertiary/aromatic N) is 3. The Balaban J connectivity index is 1.77. The maximum atomic E-state index is 12.6. The summed E-state index contributed by atoms with van der Waals surface area (Å²) in [5, 5.41) is 14.0. The van der Waals surface area contributed by atoms with Crippen LogP contribution >= 0.6 is 11.8 Å². The largest absolute Gasteiger partial charge is 0.319 e. The predicted molar refractivity (Wildman–Crippen MR) is 110 cm³/mol. The van der Waals surface area contributed by atoms with Crippen molar-refractivity contribution in [1.29, 1.82) is 0 Å². The Bertz CT molecular complexity index is 1030. The molecule has 0 aliphatic carbocycles. The molecule has 0 saturated carbocycles. The van der Waals surface area contributed by atoms with Gasteiger partial charge in [-0.25, -0.2) is 4.98 Å². The molecular weight excluding hydrogens is 376 g/mol. The third kappa shape index (κ3) is 4.23. The van der Waals surface area contributed by atoms with Crippen LogP contribution in [-0.2, 0) is 4.79 Å². The third-order valence-electron chi connectivity index (χ3n) is 4.23. The molecule has 1 amide bonds. The Morgan fingerprint density at radius 2 is 2.00 bits per heavy atom. The van der Waals surface area contributed by atoms with E-state index >= 15 is 0 Å². The molecule has 144 valence electrons. The highest BCUT2D eigenvalue weighted by Crippen LogP contribution is 2.28. The fourth-order valence-corrected chi connectivity index (χ4v) is 3.70. The molecule has 1 N–H and O–H groups in total. The van der Waals surface area contributed by atoms with Crippen LogP contribution in [0.25, 0.3) is 5.69 Å². The molecule has 0 aliphatic rings. The van der Waals surface area contributed by atoms with Gasteiger partial charge in [0.2, 0.25) is 5.91 Å². The van der Waals surface area contributed by atoms with Crippen LogP contribution in [0.1, 0.15) is 18.1 Å². The normalized spacial score (nSPS) is 11.8. The van der Waals surface area contributed by atoms with E-state index in [0.717, 1.165) is 11.3 Å². The highest BCUT2D eigenvalue weighted by Gasteiger charge is 2.21. The first-order valence-electron chi connectivity index (χ1n) is 8.68. The molecular formula is C20H20N4O3S. The number of thioether (sulfide) groups is 1. The molecule has 1 aromatic heterocycles. The van der Waals surface area contributed by atoms with Crippen LogP contribution in [0.2, 0.25) is 0 Å². The maximum absolute atomic E-state index is 12.6. The second-order valence-corrected chi connectivity index (χ2v) is 7.70. The second-order valence-electron chi connectivity index (χ2n) is 6.39. The zero-order valence-electron chi connectivity index (χ0n) is 15.7. The van der Waals surface area contributed by atoms with E-state index in [9.17, 15) is 14.9 Å². The SMILES string of the molecule is Cc1ccc(-n2ccnc2S[C@H](C)C(=O)Nc2ccccc2[N+](=O)[O-])c(C)c1. The molecule has 2 aromatic carbocycles. The van der Waals surface area contributed by atoms with Gasteiger partial charge < -0.3 is 5.32 Å².